The van der Waals surface area contributed by atoms with Crippen molar-refractivity contribution in [3.63, 3.8) is 0 Å². The fraction of sp³-hybridized carbons (Fsp3) is 0.182. The van der Waals surface area contributed by atoms with Crippen LogP contribution in [0, 0.1) is 6.92 Å². The normalized spacial score (nSPS) is 11.7. The van der Waals surface area contributed by atoms with Crippen molar-refractivity contribution >= 4 is 28.7 Å². The molecule has 1 aromatic heterocycles. The maximum atomic E-state index is 12.2. The molecular weight excluding hydrogens is 342 g/mol. The fourth-order valence-electron chi connectivity index (χ4n) is 3.38. The zero-order valence-electron chi connectivity index (χ0n) is 14.5. The second kappa shape index (κ2) is 6.89. The number of aryl methyl sites for hydroxylation is 1. The van der Waals surface area contributed by atoms with Gasteiger partial charge in [-0.1, -0.05) is 30.3 Å². The van der Waals surface area contributed by atoms with Crippen LogP contribution in [-0.4, -0.2) is 11.7 Å². The lowest BCUT2D eigenvalue weighted by molar-refractivity contribution is -0.116. The number of benzene rings is 2. The lowest BCUT2D eigenvalue weighted by Crippen LogP contribution is -2.13. The van der Waals surface area contributed by atoms with Gasteiger partial charge in [0, 0.05) is 23.4 Å². The third kappa shape index (κ3) is 3.33. The van der Waals surface area contributed by atoms with E-state index in [-0.39, 0.29) is 24.5 Å². The molecule has 1 amide bonds. The lowest BCUT2D eigenvalue weighted by atomic mass is 10.1. The molecule has 1 heterocycles. The van der Waals surface area contributed by atoms with Crippen molar-refractivity contribution in [2.45, 2.75) is 26.2 Å². The van der Waals surface area contributed by atoms with E-state index in [4.69, 9.17) is 0 Å². The van der Waals surface area contributed by atoms with Crippen LogP contribution in [0.15, 0.2) is 54.6 Å². The quantitative estimate of drug-likeness (QED) is 0.495. The van der Waals surface area contributed by atoms with Crippen molar-refractivity contribution in [1.29, 1.82) is 0 Å². The van der Waals surface area contributed by atoms with E-state index in [0.29, 0.717) is 0 Å². The first-order chi connectivity index (χ1) is 12.6. The van der Waals surface area contributed by atoms with Crippen LogP contribution in [0.1, 0.15) is 38.5 Å². The molecule has 130 valence electrons. The molecule has 0 saturated carbocycles. The zero-order valence-corrected chi connectivity index (χ0v) is 15.4. The van der Waals surface area contributed by atoms with Gasteiger partial charge in [0.15, 0.2) is 5.78 Å². The van der Waals surface area contributed by atoms with E-state index < -0.39 is 0 Å². The molecule has 26 heavy (non-hydrogen) atoms. The molecular formula is C22H19NO2S. The third-order valence-electron chi connectivity index (χ3n) is 4.67. The molecule has 0 atom stereocenters. The highest BCUT2D eigenvalue weighted by Gasteiger charge is 2.18. The Morgan fingerprint density at radius 1 is 0.962 bits per heavy atom. The Hall–Kier alpha value is -2.72. The van der Waals surface area contributed by atoms with Crippen molar-refractivity contribution in [1.82, 2.24) is 0 Å². The highest BCUT2D eigenvalue weighted by molar-refractivity contribution is 7.14. The summed E-state index contributed by atoms with van der Waals surface area (Å²) in [6, 6.07) is 18.2. The Balaban J connectivity index is 1.38. The summed E-state index contributed by atoms with van der Waals surface area (Å²) < 4.78 is 0. The van der Waals surface area contributed by atoms with Gasteiger partial charge in [-0.25, -0.2) is 0 Å². The van der Waals surface area contributed by atoms with Crippen LogP contribution in [0.2, 0.25) is 0 Å². The van der Waals surface area contributed by atoms with Gasteiger partial charge in [-0.15, -0.1) is 11.3 Å². The third-order valence-corrected chi connectivity index (χ3v) is 5.71. The van der Waals surface area contributed by atoms with Gasteiger partial charge in [-0.05, 0) is 59.9 Å². The molecule has 2 aromatic carbocycles. The number of thiophene rings is 1. The summed E-state index contributed by atoms with van der Waals surface area (Å²) in [5.41, 5.74) is 5.86. The molecule has 3 aromatic rings. The number of carbonyl (C=O) groups excluding carboxylic acids is 2. The summed E-state index contributed by atoms with van der Waals surface area (Å²) in [6.07, 6.45) is 1.33. The molecule has 0 aliphatic heterocycles. The second-order valence-corrected chi connectivity index (χ2v) is 7.88. The van der Waals surface area contributed by atoms with Gasteiger partial charge in [0.1, 0.15) is 0 Å². The molecule has 1 aliphatic rings. The van der Waals surface area contributed by atoms with Gasteiger partial charge in [-0.3, -0.25) is 9.59 Å². The number of Topliss-reactive ketones (excluding diaryl/α,β-unsaturated/α-hetero) is 1. The monoisotopic (exact) mass is 361 g/mol. The van der Waals surface area contributed by atoms with E-state index in [0.717, 1.165) is 21.9 Å². The van der Waals surface area contributed by atoms with Crippen LogP contribution in [0.3, 0.4) is 0 Å². The Bertz CT molecular complexity index is 1000. The molecule has 0 spiro atoms. The molecule has 4 rings (SSSR count). The summed E-state index contributed by atoms with van der Waals surface area (Å²) in [5, 5.41) is 2.92. The topological polar surface area (TPSA) is 46.2 Å². The SMILES string of the molecule is Cc1ccc(C(=O)CCC(=O)Nc2ccc3c(c2)Cc2ccccc2-3)s1. The van der Waals surface area contributed by atoms with E-state index in [1.807, 2.05) is 31.2 Å². The largest absolute Gasteiger partial charge is 0.326 e. The van der Waals surface area contributed by atoms with Gasteiger partial charge >= 0.3 is 0 Å². The maximum Gasteiger partial charge on any atom is 0.224 e. The highest BCUT2D eigenvalue weighted by atomic mass is 32.1. The first kappa shape index (κ1) is 16.7. The van der Waals surface area contributed by atoms with Gasteiger partial charge in [0.2, 0.25) is 5.91 Å². The number of nitrogens with one attached hydrogen (secondary N) is 1. The minimum atomic E-state index is -0.123. The molecule has 1 aliphatic carbocycles. The maximum absolute atomic E-state index is 12.2. The summed E-state index contributed by atoms with van der Waals surface area (Å²) >= 11 is 1.48. The Morgan fingerprint density at radius 3 is 2.58 bits per heavy atom. The summed E-state index contributed by atoms with van der Waals surface area (Å²) in [4.78, 5) is 26.2. The van der Waals surface area contributed by atoms with E-state index in [1.165, 1.54) is 33.6 Å². The van der Waals surface area contributed by atoms with Crippen molar-refractivity contribution in [2.75, 3.05) is 5.32 Å². The van der Waals surface area contributed by atoms with E-state index in [9.17, 15) is 9.59 Å². The van der Waals surface area contributed by atoms with Gasteiger partial charge in [0.25, 0.3) is 0 Å². The van der Waals surface area contributed by atoms with Crippen molar-refractivity contribution in [3.8, 4) is 11.1 Å². The van der Waals surface area contributed by atoms with Crippen LogP contribution in [-0.2, 0) is 11.2 Å². The average Bonchev–Trinajstić information content (AvgIpc) is 3.22. The second-order valence-electron chi connectivity index (χ2n) is 6.59. The zero-order chi connectivity index (χ0) is 18.1. The summed E-state index contributed by atoms with van der Waals surface area (Å²) in [6.45, 7) is 1.97. The standard InChI is InChI=1S/C22H19NO2S/c1-14-6-10-21(26-14)20(24)9-11-22(25)23-17-7-8-19-16(13-17)12-15-4-2-3-5-18(15)19/h2-8,10,13H,9,11-12H2,1H3,(H,23,25). The Kier molecular flexibility index (Phi) is 4.43. The molecule has 0 bridgehead atoms. The van der Waals surface area contributed by atoms with Crippen LogP contribution >= 0.6 is 11.3 Å². The summed E-state index contributed by atoms with van der Waals surface area (Å²) in [7, 11) is 0. The number of rotatable bonds is 5. The minimum absolute atomic E-state index is 0.0302. The molecule has 0 fully saturated rings. The molecule has 3 nitrogen and oxygen atoms in total. The summed E-state index contributed by atoms with van der Waals surface area (Å²) in [5.74, 6) is -0.0928. The van der Waals surface area contributed by atoms with Gasteiger partial charge < -0.3 is 5.32 Å². The fourth-order valence-corrected chi connectivity index (χ4v) is 4.22. The number of ketones is 1. The lowest BCUT2D eigenvalue weighted by Gasteiger charge is -2.07. The van der Waals surface area contributed by atoms with Crippen molar-refractivity contribution < 1.29 is 9.59 Å². The number of hydrogen-bond acceptors (Lipinski definition) is 3. The number of anilines is 1. The Morgan fingerprint density at radius 2 is 1.77 bits per heavy atom. The van der Waals surface area contributed by atoms with Crippen molar-refractivity contribution in [3.05, 3.63) is 75.5 Å². The molecule has 0 unspecified atom stereocenters. The van der Waals surface area contributed by atoms with E-state index in [2.05, 4.69) is 35.6 Å². The minimum Gasteiger partial charge on any atom is -0.326 e. The smallest absolute Gasteiger partial charge is 0.224 e. The first-order valence-electron chi connectivity index (χ1n) is 8.71. The molecule has 0 saturated heterocycles. The van der Waals surface area contributed by atoms with Crippen LogP contribution < -0.4 is 5.32 Å². The predicted octanol–water partition coefficient (Wildman–Crippen LogP) is 5.23. The van der Waals surface area contributed by atoms with E-state index in [1.54, 1.807) is 0 Å². The van der Waals surface area contributed by atoms with Gasteiger partial charge in [-0.2, -0.15) is 0 Å². The van der Waals surface area contributed by atoms with Crippen LogP contribution in [0.5, 0.6) is 0 Å². The molecule has 4 heteroatoms. The highest BCUT2D eigenvalue weighted by Crippen LogP contribution is 2.37. The van der Waals surface area contributed by atoms with Gasteiger partial charge in [0.05, 0.1) is 4.88 Å². The number of hydrogen-bond donors (Lipinski definition) is 1. The van der Waals surface area contributed by atoms with Crippen molar-refractivity contribution in [2.24, 2.45) is 0 Å². The number of amides is 1. The number of carbonyl (C=O) groups is 2. The van der Waals surface area contributed by atoms with E-state index >= 15 is 0 Å². The first-order valence-corrected chi connectivity index (χ1v) is 9.52. The predicted molar refractivity (Wildman–Crippen MR) is 106 cm³/mol. The average molecular weight is 361 g/mol. The van der Waals surface area contributed by atoms with Crippen LogP contribution in [0.4, 0.5) is 5.69 Å². The number of fused-ring (bicyclic) bond motifs is 3. The Labute approximate surface area is 156 Å². The van der Waals surface area contributed by atoms with Crippen LogP contribution in [0.25, 0.3) is 11.1 Å². The molecule has 1 N–H and O–H groups in total. The molecule has 0 radical (unpaired) electrons.